The quantitative estimate of drug-likeness (QED) is 0.707. The maximum Gasteiger partial charge on any atom is 0.130 e. The monoisotopic (exact) mass is 146 g/mol. The van der Waals surface area contributed by atoms with E-state index in [0.29, 0.717) is 0 Å². The molecule has 0 amide bonds. The van der Waals surface area contributed by atoms with Crippen LogP contribution in [0.2, 0.25) is 0 Å². The van der Waals surface area contributed by atoms with Crippen LogP contribution in [0.15, 0.2) is 37.7 Å². The van der Waals surface area contributed by atoms with Crippen molar-refractivity contribution in [3.8, 4) is 0 Å². The van der Waals surface area contributed by atoms with E-state index in [9.17, 15) is 0 Å². The predicted octanol–water partition coefficient (Wildman–Crippen LogP) is 2.28. The summed E-state index contributed by atoms with van der Waals surface area (Å²) in [5.74, 6) is 0.789. The lowest BCUT2D eigenvalue weighted by Crippen LogP contribution is -1.89. The van der Waals surface area contributed by atoms with Gasteiger partial charge in [0.15, 0.2) is 0 Å². The van der Waals surface area contributed by atoms with Gasteiger partial charge in [0.05, 0.1) is 0 Å². The summed E-state index contributed by atoms with van der Waals surface area (Å²) < 4.78 is 0. The Labute approximate surface area is 66.3 Å². The Balaban J connectivity index is 2.90. The summed E-state index contributed by atoms with van der Waals surface area (Å²) in [7, 11) is 0. The molecule has 0 atom stereocenters. The number of rotatable bonds is 3. The number of nitrogens with zero attached hydrogens (tertiary/aromatic N) is 1. The largest absolute Gasteiger partial charge is 0.347 e. The van der Waals surface area contributed by atoms with Crippen LogP contribution in [0, 0.1) is 0 Å². The van der Waals surface area contributed by atoms with E-state index in [1.54, 1.807) is 18.5 Å². The standard InChI is InChI=1S/C9H10N2/c1-3-8-5-6-11-9(7-8)10-4-2/h3-7H,1-2H2,(H,10,11). The lowest BCUT2D eigenvalue weighted by Gasteiger charge is -1.98. The molecule has 0 fully saturated rings. The Bertz CT molecular complexity index is 266. The summed E-state index contributed by atoms with van der Waals surface area (Å²) in [6, 6.07) is 3.79. The SMILES string of the molecule is C=CNc1cc(C=C)ccn1. The molecule has 1 heterocycles. The minimum Gasteiger partial charge on any atom is -0.347 e. The summed E-state index contributed by atoms with van der Waals surface area (Å²) in [4.78, 5) is 4.05. The van der Waals surface area contributed by atoms with E-state index in [-0.39, 0.29) is 0 Å². The zero-order valence-corrected chi connectivity index (χ0v) is 6.25. The highest BCUT2D eigenvalue weighted by Crippen LogP contribution is 2.06. The average Bonchev–Trinajstić information content (AvgIpc) is 2.06. The van der Waals surface area contributed by atoms with Crippen LogP contribution in [0.25, 0.3) is 6.08 Å². The number of hydrogen-bond acceptors (Lipinski definition) is 2. The molecule has 1 aromatic rings. The Kier molecular flexibility index (Phi) is 2.44. The van der Waals surface area contributed by atoms with E-state index in [2.05, 4.69) is 23.5 Å². The zero-order valence-electron chi connectivity index (χ0n) is 6.25. The molecule has 0 bridgehead atoms. The molecule has 0 spiro atoms. The van der Waals surface area contributed by atoms with E-state index in [4.69, 9.17) is 0 Å². The molecular weight excluding hydrogens is 136 g/mol. The molecule has 0 aromatic carbocycles. The normalized spacial score (nSPS) is 8.73. The first-order valence-corrected chi connectivity index (χ1v) is 3.33. The highest BCUT2D eigenvalue weighted by molar-refractivity contribution is 5.52. The Morgan fingerprint density at radius 3 is 2.91 bits per heavy atom. The minimum absolute atomic E-state index is 0.789. The van der Waals surface area contributed by atoms with Crippen molar-refractivity contribution in [2.75, 3.05) is 5.32 Å². The molecule has 0 saturated carbocycles. The van der Waals surface area contributed by atoms with Crippen molar-refractivity contribution >= 4 is 11.9 Å². The lowest BCUT2D eigenvalue weighted by atomic mass is 10.2. The molecule has 0 unspecified atom stereocenters. The van der Waals surface area contributed by atoms with Crippen molar-refractivity contribution in [1.82, 2.24) is 4.98 Å². The summed E-state index contributed by atoms with van der Waals surface area (Å²) in [6.07, 6.45) is 5.09. The van der Waals surface area contributed by atoms with E-state index in [1.165, 1.54) is 0 Å². The fraction of sp³-hybridized carbons (Fsp3) is 0. The zero-order chi connectivity index (χ0) is 8.10. The summed E-state index contributed by atoms with van der Waals surface area (Å²) in [6.45, 7) is 7.19. The molecule has 0 radical (unpaired) electrons. The van der Waals surface area contributed by atoms with Crippen LogP contribution < -0.4 is 5.32 Å². The van der Waals surface area contributed by atoms with Crippen LogP contribution in [-0.4, -0.2) is 4.98 Å². The van der Waals surface area contributed by atoms with Crippen LogP contribution >= 0.6 is 0 Å². The lowest BCUT2D eigenvalue weighted by molar-refractivity contribution is 1.30. The van der Waals surface area contributed by atoms with Gasteiger partial charge in [-0.05, 0) is 23.9 Å². The van der Waals surface area contributed by atoms with Crippen LogP contribution in [0.1, 0.15) is 5.56 Å². The van der Waals surface area contributed by atoms with E-state index < -0.39 is 0 Å². The third-order valence-electron chi connectivity index (χ3n) is 1.27. The van der Waals surface area contributed by atoms with Crippen molar-refractivity contribution in [3.05, 3.63) is 43.3 Å². The Hall–Kier alpha value is -1.57. The highest BCUT2D eigenvalue weighted by atomic mass is 15.0. The Morgan fingerprint density at radius 2 is 2.27 bits per heavy atom. The summed E-state index contributed by atoms with van der Waals surface area (Å²) in [5, 5.41) is 2.89. The third kappa shape index (κ3) is 1.93. The second-order valence-electron chi connectivity index (χ2n) is 2.03. The van der Waals surface area contributed by atoms with Gasteiger partial charge in [-0.3, -0.25) is 0 Å². The van der Waals surface area contributed by atoms with Crippen LogP contribution in [0.5, 0.6) is 0 Å². The molecule has 0 aliphatic heterocycles. The van der Waals surface area contributed by atoms with Gasteiger partial charge in [0.1, 0.15) is 5.82 Å². The van der Waals surface area contributed by atoms with Gasteiger partial charge in [0, 0.05) is 6.20 Å². The molecule has 0 aliphatic rings. The molecule has 0 aliphatic carbocycles. The average molecular weight is 146 g/mol. The molecule has 1 rings (SSSR count). The van der Waals surface area contributed by atoms with Crippen LogP contribution in [0.4, 0.5) is 5.82 Å². The van der Waals surface area contributed by atoms with Gasteiger partial charge >= 0.3 is 0 Å². The van der Waals surface area contributed by atoms with Crippen molar-refractivity contribution in [1.29, 1.82) is 0 Å². The smallest absolute Gasteiger partial charge is 0.130 e. The molecule has 1 N–H and O–H groups in total. The fourth-order valence-corrected chi connectivity index (χ4v) is 0.757. The van der Waals surface area contributed by atoms with Gasteiger partial charge in [-0.2, -0.15) is 0 Å². The molecule has 2 heteroatoms. The third-order valence-corrected chi connectivity index (χ3v) is 1.27. The second-order valence-corrected chi connectivity index (χ2v) is 2.03. The topological polar surface area (TPSA) is 24.9 Å². The van der Waals surface area contributed by atoms with Crippen LogP contribution in [0.3, 0.4) is 0 Å². The van der Waals surface area contributed by atoms with Crippen molar-refractivity contribution in [2.24, 2.45) is 0 Å². The van der Waals surface area contributed by atoms with Crippen molar-refractivity contribution < 1.29 is 0 Å². The van der Waals surface area contributed by atoms with Gasteiger partial charge in [0.2, 0.25) is 0 Å². The highest BCUT2D eigenvalue weighted by Gasteiger charge is 1.89. The molecule has 2 nitrogen and oxygen atoms in total. The number of anilines is 1. The van der Waals surface area contributed by atoms with Gasteiger partial charge in [-0.1, -0.05) is 19.2 Å². The first-order chi connectivity index (χ1) is 5.36. The Morgan fingerprint density at radius 1 is 1.45 bits per heavy atom. The molecule has 1 aromatic heterocycles. The predicted molar refractivity (Wildman–Crippen MR) is 48.1 cm³/mol. The fourth-order valence-electron chi connectivity index (χ4n) is 0.757. The number of aromatic nitrogens is 1. The van der Waals surface area contributed by atoms with Gasteiger partial charge in [-0.15, -0.1) is 0 Å². The minimum atomic E-state index is 0.789. The van der Waals surface area contributed by atoms with Gasteiger partial charge in [0.25, 0.3) is 0 Å². The van der Waals surface area contributed by atoms with E-state index in [0.717, 1.165) is 11.4 Å². The van der Waals surface area contributed by atoms with Gasteiger partial charge in [-0.25, -0.2) is 4.98 Å². The first-order valence-electron chi connectivity index (χ1n) is 3.33. The van der Waals surface area contributed by atoms with E-state index >= 15 is 0 Å². The maximum absolute atomic E-state index is 4.05. The molecule has 0 saturated heterocycles. The molecule has 56 valence electrons. The summed E-state index contributed by atoms with van der Waals surface area (Å²) >= 11 is 0. The number of nitrogens with one attached hydrogen (secondary N) is 1. The van der Waals surface area contributed by atoms with Crippen LogP contribution in [-0.2, 0) is 0 Å². The molecular formula is C9H10N2. The summed E-state index contributed by atoms with van der Waals surface area (Å²) in [5.41, 5.74) is 1.05. The molecule has 11 heavy (non-hydrogen) atoms. The van der Waals surface area contributed by atoms with Gasteiger partial charge < -0.3 is 5.32 Å². The second kappa shape index (κ2) is 3.56. The van der Waals surface area contributed by atoms with Crippen molar-refractivity contribution in [3.63, 3.8) is 0 Å². The maximum atomic E-state index is 4.05. The van der Waals surface area contributed by atoms with Crippen molar-refractivity contribution in [2.45, 2.75) is 0 Å². The first kappa shape index (κ1) is 7.54. The number of pyridine rings is 1. The van der Waals surface area contributed by atoms with E-state index in [1.807, 2.05) is 12.1 Å². The number of hydrogen-bond donors (Lipinski definition) is 1.